The fourth-order valence-corrected chi connectivity index (χ4v) is 5.93. The van der Waals surface area contributed by atoms with Crippen molar-refractivity contribution in [1.29, 1.82) is 0 Å². The van der Waals surface area contributed by atoms with Crippen molar-refractivity contribution in [3.05, 3.63) is 83.4 Å². The van der Waals surface area contributed by atoms with Gasteiger partial charge in [0.15, 0.2) is 0 Å². The Hall–Kier alpha value is -3.46. The first-order chi connectivity index (χ1) is 17.9. The summed E-state index contributed by atoms with van der Waals surface area (Å²) in [4.78, 5) is 23.0. The minimum absolute atomic E-state index is 0.188. The average molecular weight is 523 g/mol. The van der Waals surface area contributed by atoms with E-state index in [1.54, 1.807) is 29.5 Å². The molecule has 1 N–H and O–H groups in total. The fourth-order valence-electron chi connectivity index (χ4n) is 4.73. The van der Waals surface area contributed by atoms with Crippen LogP contribution in [0, 0.1) is 0 Å². The number of aromatic nitrogens is 2. The maximum Gasteiger partial charge on any atom is 0.255 e. The van der Waals surface area contributed by atoms with Gasteiger partial charge in [0, 0.05) is 18.4 Å². The highest BCUT2D eigenvalue weighted by molar-refractivity contribution is 7.85. The van der Waals surface area contributed by atoms with Gasteiger partial charge in [-0.1, -0.05) is 47.6 Å². The number of carbonyl (C=O) groups excluding carboxylic acids is 1. The molecule has 37 heavy (non-hydrogen) atoms. The van der Waals surface area contributed by atoms with Crippen LogP contribution < -0.4 is 10.1 Å². The highest BCUT2D eigenvalue weighted by Gasteiger charge is 2.39. The Morgan fingerprint density at radius 3 is 2.68 bits per heavy atom. The molecule has 3 aromatic rings. The lowest BCUT2D eigenvalue weighted by atomic mass is 9.69. The van der Waals surface area contributed by atoms with Crippen LogP contribution in [0.25, 0.3) is 0 Å². The SMILES string of the molecule is CCO/N=C(/C)C(C)S(=O)n1cnc2c1CC(CNC(=O)c1ccccc1OC)(c1ccccc1)CC2. The first-order valence-electron chi connectivity index (χ1n) is 12.5. The van der Waals surface area contributed by atoms with Crippen LogP contribution >= 0.6 is 0 Å². The highest BCUT2D eigenvalue weighted by atomic mass is 32.2. The maximum absolute atomic E-state index is 13.6. The number of para-hydroxylation sites is 1. The minimum atomic E-state index is -1.42. The first-order valence-corrected chi connectivity index (χ1v) is 13.7. The number of rotatable bonds is 10. The van der Waals surface area contributed by atoms with Gasteiger partial charge in [-0.05, 0) is 51.3 Å². The van der Waals surface area contributed by atoms with Gasteiger partial charge in [0.25, 0.3) is 5.91 Å². The van der Waals surface area contributed by atoms with Crippen LogP contribution in [0.2, 0.25) is 0 Å². The van der Waals surface area contributed by atoms with E-state index in [1.807, 2.05) is 51.1 Å². The zero-order valence-corrected chi connectivity index (χ0v) is 22.6. The summed E-state index contributed by atoms with van der Waals surface area (Å²) < 4.78 is 20.7. The molecule has 0 saturated carbocycles. The van der Waals surface area contributed by atoms with Crippen LogP contribution in [0.1, 0.15) is 54.5 Å². The Bertz CT molecular complexity index is 1290. The Kier molecular flexibility index (Phi) is 8.43. The smallest absolute Gasteiger partial charge is 0.255 e. The number of ether oxygens (including phenoxy) is 1. The van der Waals surface area contributed by atoms with Gasteiger partial charge in [-0.3, -0.25) is 8.77 Å². The topological polar surface area (TPSA) is 94.8 Å². The molecule has 3 unspecified atom stereocenters. The third-order valence-corrected chi connectivity index (χ3v) is 8.66. The number of nitrogens with one attached hydrogen (secondary N) is 1. The zero-order chi connectivity index (χ0) is 26.4. The molecule has 9 heteroatoms. The lowest BCUT2D eigenvalue weighted by molar-refractivity contribution is 0.0937. The number of hydrogen-bond donors (Lipinski definition) is 1. The molecule has 0 spiro atoms. The second kappa shape index (κ2) is 11.7. The van der Waals surface area contributed by atoms with Crippen molar-refractivity contribution < 1.29 is 18.6 Å². The van der Waals surface area contributed by atoms with Gasteiger partial charge >= 0.3 is 0 Å². The molecule has 1 heterocycles. The molecule has 0 radical (unpaired) electrons. The monoisotopic (exact) mass is 522 g/mol. The molecule has 0 aliphatic heterocycles. The molecule has 196 valence electrons. The number of carbonyl (C=O) groups is 1. The van der Waals surface area contributed by atoms with Crippen molar-refractivity contribution in [3.63, 3.8) is 0 Å². The fraction of sp³-hybridized carbons (Fsp3) is 0.393. The van der Waals surface area contributed by atoms with Crippen LogP contribution in [-0.2, 0) is 34.1 Å². The first kappa shape index (κ1) is 26.6. The molecule has 0 saturated heterocycles. The van der Waals surface area contributed by atoms with E-state index in [2.05, 4.69) is 27.6 Å². The highest BCUT2D eigenvalue weighted by Crippen LogP contribution is 2.38. The third-order valence-electron chi connectivity index (χ3n) is 7.01. The lowest BCUT2D eigenvalue weighted by Gasteiger charge is -2.38. The zero-order valence-electron chi connectivity index (χ0n) is 21.8. The molecule has 3 atom stereocenters. The molecular formula is C28H34N4O4S. The van der Waals surface area contributed by atoms with Crippen LogP contribution in [0.3, 0.4) is 0 Å². The molecule has 8 nitrogen and oxygen atoms in total. The van der Waals surface area contributed by atoms with Gasteiger partial charge in [-0.2, -0.15) is 0 Å². The van der Waals surface area contributed by atoms with Gasteiger partial charge in [0.1, 0.15) is 29.7 Å². The summed E-state index contributed by atoms with van der Waals surface area (Å²) in [6, 6.07) is 17.4. The van der Waals surface area contributed by atoms with Crippen molar-refractivity contribution in [1.82, 2.24) is 14.3 Å². The summed E-state index contributed by atoms with van der Waals surface area (Å²) >= 11 is 0. The van der Waals surface area contributed by atoms with Gasteiger partial charge < -0.3 is 14.9 Å². The van der Waals surface area contributed by atoms with E-state index in [1.165, 1.54) is 0 Å². The summed E-state index contributed by atoms with van der Waals surface area (Å²) in [5.74, 6) is 0.346. The summed E-state index contributed by atoms with van der Waals surface area (Å²) in [5.41, 5.74) is 3.77. The Labute approximate surface area is 220 Å². The second-order valence-corrected chi connectivity index (χ2v) is 10.9. The molecule has 1 aliphatic rings. The number of aryl methyl sites for hydroxylation is 1. The molecular weight excluding hydrogens is 488 g/mol. The number of fused-ring (bicyclic) bond motifs is 1. The van der Waals surface area contributed by atoms with E-state index in [9.17, 15) is 9.00 Å². The largest absolute Gasteiger partial charge is 0.496 e. The number of methoxy groups -OCH3 is 1. The van der Waals surface area contributed by atoms with Crippen LogP contribution in [0.4, 0.5) is 0 Å². The van der Waals surface area contributed by atoms with Gasteiger partial charge in [0.2, 0.25) is 0 Å². The minimum Gasteiger partial charge on any atom is -0.496 e. The van der Waals surface area contributed by atoms with Gasteiger partial charge in [-0.15, -0.1) is 0 Å². The molecule has 2 aromatic carbocycles. The molecule has 1 aliphatic carbocycles. The summed E-state index contributed by atoms with van der Waals surface area (Å²) in [6.07, 6.45) is 3.79. The van der Waals surface area contributed by atoms with E-state index in [-0.39, 0.29) is 16.6 Å². The standard InChI is InChI=1S/C28H34N4O4S/c1-5-36-31-20(2)21(3)37(34)32-19-30-24-15-16-28(17-25(24)32,22-11-7-6-8-12-22)18-29-27(33)23-13-9-10-14-26(23)35-4/h6-14,19,21H,5,15-18H2,1-4H3,(H,29,33)/b31-20-. The summed E-state index contributed by atoms with van der Waals surface area (Å²) in [6.45, 7) is 6.44. The Morgan fingerprint density at radius 2 is 1.95 bits per heavy atom. The van der Waals surface area contributed by atoms with E-state index < -0.39 is 11.0 Å². The van der Waals surface area contributed by atoms with Crippen molar-refractivity contribution in [2.75, 3.05) is 20.3 Å². The quantitative estimate of drug-likeness (QED) is 0.320. The van der Waals surface area contributed by atoms with E-state index >= 15 is 0 Å². The van der Waals surface area contributed by atoms with Crippen LogP contribution in [0.5, 0.6) is 5.75 Å². The maximum atomic E-state index is 13.6. The molecule has 1 amide bonds. The van der Waals surface area contributed by atoms with Crippen LogP contribution in [-0.4, -0.2) is 50.3 Å². The number of amides is 1. The van der Waals surface area contributed by atoms with Crippen molar-refractivity contribution in [2.45, 2.75) is 50.7 Å². The van der Waals surface area contributed by atoms with Crippen LogP contribution in [0.15, 0.2) is 66.1 Å². The van der Waals surface area contributed by atoms with E-state index in [4.69, 9.17) is 9.57 Å². The second-order valence-electron chi connectivity index (χ2n) is 9.24. The number of oxime groups is 1. The van der Waals surface area contributed by atoms with Crippen molar-refractivity contribution in [3.8, 4) is 5.75 Å². The van der Waals surface area contributed by atoms with Gasteiger partial charge in [-0.25, -0.2) is 9.19 Å². The number of nitrogens with zero attached hydrogens (tertiary/aromatic N) is 3. The summed E-state index contributed by atoms with van der Waals surface area (Å²) in [5, 5.41) is 6.90. The summed E-state index contributed by atoms with van der Waals surface area (Å²) in [7, 11) is 0.142. The normalized spacial score (nSPS) is 19.0. The average Bonchev–Trinajstić information content (AvgIpc) is 3.37. The molecule has 0 bridgehead atoms. The number of hydrogen-bond acceptors (Lipinski definition) is 6. The predicted molar refractivity (Wildman–Crippen MR) is 145 cm³/mol. The van der Waals surface area contributed by atoms with Crippen molar-refractivity contribution >= 4 is 22.6 Å². The third kappa shape index (κ3) is 5.61. The van der Waals surface area contributed by atoms with Gasteiger partial charge in [0.05, 0.1) is 35.0 Å². The number of benzene rings is 2. The molecule has 1 aromatic heterocycles. The molecule has 4 rings (SSSR count). The van der Waals surface area contributed by atoms with Crippen molar-refractivity contribution in [2.24, 2.45) is 5.16 Å². The Balaban J connectivity index is 1.64. The molecule has 0 fully saturated rings. The predicted octanol–water partition coefficient (Wildman–Crippen LogP) is 4.06. The van der Waals surface area contributed by atoms with E-state index in [0.717, 1.165) is 29.8 Å². The lowest BCUT2D eigenvalue weighted by Crippen LogP contribution is -2.45. The Morgan fingerprint density at radius 1 is 1.22 bits per heavy atom. The number of imidazole rings is 1. The van der Waals surface area contributed by atoms with E-state index in [0.29, 0.717) is 36.6 Å².